The fraction of sp³-hybridized carbons (Fsp3) is 0.278. The number of benzene rings is 2. The van der Waals surface area contributed by atoms with Crippen molar-refractivity contribution < 1.29 is 31.1 Å². The van der Waals surface area contributed by atoms with Crippen molar-refractivity contribution >= 4 is 11.4 Å². The number of hydrogen-bond acceptors (Lipinski definition) is 3. The van der Waals surface area contributed by atoms with Crippen molar-refractivity contribution in [3.63, 3.8) is 0 Å². The van der Waals surface area contributed by atoms with Gasteiger partial charge in [-0.1, -0.05) is 0 Å². The predicted molar refractivity (Wildman–Crippen MR) is 90.8 cm³/mol. The van der Waals surface area contributed by atoms with E-state index in [9.17, 15) is 26.3 Å². The number of aliphatic imine (C=N–C) groups is 1. The van der Waals surface area contributed by atoms with Gasteiger partial charge in [-0.05, 0) is 48.5 Å². The van der Waals surface area contributed by atoms with E-state index >= 15 is 0 Å². The number of hydrogen-bond donors (Lipinski definition) is 0. The first kappa shape index (κ1) is 20.6. The second-order valence-electron chi connectivity index (χ2n) is 5.66. The molecular formula is C18H16F6N2O. The summed E-state index contributed by atoms with van der Waals surface area (Å²) < 4.78 is 81.2. The number of halogens is 6. The molecule has 2 aromatic rings. The Morgan fingerprint density at radius 2 is 1.37 bits per heavy atom. The van der Waals surface area contributed by atoms with Crippen molar-refractivity contribution in [2.24, 2.45) is 4.99 Å². The normalized spacial score (nSPS) is 12.8. The molecule has 0 bridgehead atoms. The fourth-order valence-corrected chi connectivity index (χ4v) is 2.37. The first-order valence-electron chi connectivity index (χ1n) is 7.70. The minimum absolute atomic E-state index is 0.0959. The zero-order valence-electron chi connectivity index (χ0n) is 14.4. The van der Waals surface area contributed by atoms with E-state index in [2.05, 4.69) is 4.99 Å². The summed E-state index contributed by atoms with van der Waals surface area (Å²) in [4.78, 5) is 4.30. The third-order valence-electron chi connectivity index (χ3n) is 3.55. The van der Waals surface area contributed by atoms with Gasteiger partial charge in [-0.25, -0.2) is 0 Å². The molecule has 0 spiro atoms. The first-order valence-corrected chi connectivity index (χ1v) is 7.70. The van der Waals surface area contributed by atoms with Gasteiger partial charge in [0.1, 0.15) is 23.8 Å². The Hall–Kier alpha value is -2.71. The summed E-state index contributed by atoms with van der Waals surface area (Å²) >= 11 is 0. The zero-order valence-corrected chi connectivity index (χ0v) is 14.4. The molecule has 3 nitrogen and oxygen atoms in total. The Morgan fingerprint density at radius 3 is 1.78 bits per heavy atom. The Morgan fingerprint density at radius 1 is 0.889 bits per heavy atom. The number of ether oxygens (including phenoxy) is 1. The van der Waals surface area contributed by atoms with Crippen molar-refractivity contribution in [1.82, 2.24) is 0 Å². The average Bonchev–Trinajstić information content (AvgIpc) is 2.55. The lowest BCUT2D eigenvalue weighted by molar-refractivity contribution is -0.119. The summed E-state index contributed by atoms with van der Waals surface area (Å²) in [6.45, 7) is -1.09. The number of rotatable bonds is 5. The van der Waals surface area contributed by atoms with Crippen molar-refractivity contribution in [3.05, 3.63) is 54.1 Å². The van der Waals surface area contributed by atoms with E-state index in [-0.39, 0.29) is 11.3 Å². The van der Waals surface area contributed by atoms with E-state index in [1.807, 2.05) is 0 Å². The van der Waals surface area contributed by atoms with E-state index in [1.54, 1.807) is 0 Å². The minimum atomic E-state index is -4.56. The van der Waals surface area contributed by atoms with Crippen LogP contribution >= 0.6 is 0 Å². The fourth-order valence-electron chi connectivity index (χ4n) is 2.37. The van der Waals surface area contributed by atoms with Crippen LogP contribution in [0, 0.1) is 0 Å². The number of nitrogens with zero attached hydrogens (tertiary/aromatic N) is 2. The van der Waals surface area contributed by atoms with Gasteiger partial charge in [0.25, 0.3) is 0 Å². The Balaban J connectivity index is 2.07. The van der Waals surface area contributed by atoms with Crippen LogP contribution in [-0.4, -0.2) is 38.7 Å². The van der Waals surface area contributed by atoms with Crippen LogP contribution in [0.15, 0.2) is 53.5 Å². The summed E-state index contributed by atoms with van der Waals surface area (Å²) in [5, 5.41) is 0. The van der Waals surface area contributed by atoms with Crippen LogP contribution in [0.4, 0.5) is 32.0 Å². The molecule has 0 saturated carbocycles. The molecule has 0 aliphatic rings. The van der Waals surface area contributed by atoms with E-state index in [0.29, 0.717) is 11.4 Å². The van der Waals surface area contributed by atoms with E-state index in [4.69, 9.17) is 4.74 Å². The summed E-state index contributed by atoms with van der Waals surface area (Å²) in [5.74, 6) is 0.625. The third-order valence-corrected chi connectivity index (χ3v) is 3.55. The van der Waals surface area contributed by atoms with Gasteiger partial charge in [-0.15, -0.1) is 0 Å². The maximum Gasteiger partial charge on any atom is 0.433 e. The highest BCUT2D eigenvalue weighted by atomic mass is 19.4. The molecule has 0 atom stereocenters. The molecule has 0 aliphatic heterocycles. The van der Waals surface area contributed by atoms with Gasteiger partial charge in [-0.3, -0.25) is 4.99 Å². The van der Waals surface area contributed by atoms with Crippen LogP contribution in [0.2, 0.25) is 0 Å². The second-order valence-corrected chi connectivity index (χ2v) is 5.66. The SMILES string of the molecule is CN=C(c1ccc(Oc2ccc(N(C)CC(F)(F)F)cc2)cc1)C(F)(F)F. The van der Waals surface area contributed by atoms with Gasteiger partial charge in [0, 0.05) is 25.3 Å². The molecule has 0 aromatic heterocycles. The highest BCUT2D eigenvalue weighted by Crippen LogP contribution is 2.28. The van der Waals surface area contributed by atoms with E-state index < -0.39 is 24.6 Å². The molecule has 2 aromatic carbocycles. The van der Waals surface area contributed by atoms with Gasteiger partial charge in [0.05, 0.1) is 0 Å². The molecule has 0 unspecified atom stereocenters. The summed E-state index contributed by atoms with van der Waals surface area (Å²) in [7, 11) is 2.38. The van der Waals surface area contributed by atoms with Crippen LogP contribution in [-0.2, 0) is 0 Å². The Labute approximate surface area is 151 Å². The molecule has 2 rings (SSSR count). The van der Waals surface area contributed by atoms with Crippen LogP contribution in [0.3, 0.4) is 0 Å². The highest BCUT2D eigenvalue weighted by Gasteiger charge is 2.36. The Kier molecular flexibility index (Phi) is 6.02. The molecule has 0 aliphatic carbocycles. The van der Waals surface area contributed by atoms with Gasteiger partial charge in [0.15, 0.2) is 0 Å². The molecule has 9 heteroatoms. The van der Waals surface area contributed by atoms with Crippen LogP contribution in [0.1, 0.15) is 5.56 Å². The van der Waals surface area contributed by atoms with Gasteiger partial charge < -0.3 is 9.64 Å². The highest BCUT2D eigenvalue weighted by molar-refractivity contribution is 6.04. The monoisotopic (exact) mass is 390 g/mol. The quantitative estimate of drug-likeness (QED) is 0.500. The average molecular weight is 390 g/mol. The summed E-state index contributed by atoms with van der Waals surface area (Å²) in [6, 6.07) is 11.1. The maximum absolute atomic E-state index is 12.8. The lowest BCUT2D eigenvalue weighted by Crippen LogP contribution is -2.30. The number of alkyl halides is 6. The Bertz CT molecular complexity index is 779. The standard InChI is InChI=1S/C18H16F6N2O/c1-25-16(18(22,23)24)12-3-7-14(8-4-12)27-15-9-5-13(6-10-15)26(2)11-17(19,20)21/h3-10H,11H2,1-2H3. The van der Waals surface area contributed by atoms with E-state index in [1.165, 1.54) is 55.6 Å². The molecule has 146 valence electrons. The molecule has 27 heavy (non-hydrogen) atoms. The topological polar surface area (TPSA) is 24.8 Å². The summed E-state index contributed by atoms with van der Waals surface area (Å²) in [6.07, 6.45) is -8.88. The smallest absolute Gasteiger partial charge is 0.433 e. The lowest BCUT2D eigenvalue weighted by Gasteiger charge is -2.21. The zero-order chi connectivity index (χ0) is 20.2. The van der Waals surface area contributed by atoms with Gasteiger partial charge in [0.2, 0.25) is 0 Å². The predicted octanol–water partition coefficient (Wildman–Crippen LogP) is 5.46. The first-order chi connectivity index (χ1) is 12.5. The molecular weight excluding hydrogens is 374 g/mol. The molecule has 0 N–H and O–H groups in total. The summed E-state index contributed by atoms with van der Waals surface area (Å²) in [5.41, 5.74) is -0.739. The molecule has 0 amide bonds. The lowest BCUT2D eigenvalue weighted by atomic mass is 10.1. The van der Waals surface area contributed by atoms with Crippen molar-refractivity contribution in [2.45, 2.75) is 12.4 Å². The second kappa shape index (κ2) is 7.89. The van der Waals surface area contributed by atoms with Gasteiger partial charge >= 0.3 is 12.4 Å². The third kappa shape index (κ3) is 5.90. The molecule has 0 radical (unpaired) electrons. The van der Waals surface area contributed by atoms with Crippen LogP contribution < -0.4 is 9.64 Å². The van der Waals surface area contributed by atoms with Gasteiger partial charge in [-0.2, -0.15) is 26.3 Å². The largest absolute Gasteiger partial charge is 0.457 e. The molecule has 0 fully saturated rings. The van der Waals surface area contributed by atoms with E-state index in [0.717, 1.165) is 11.9 Å². The van der Waals surface area contributed by atoms with Crippen LogP contribution in [0.5, 0.6) is 11.5 Å². The molecule has 0 saturated heterocycles. The van der Waals surface area contributed by atoms with Crippen molar-refractivity contribution in [2.75, 3.05) is 25.5 Å². The molecule has 0 heterocycles. The van der Waals surface area contributed by atoms with Crippen LogP contribution in [0.25, 0.3) is 0 Å². The number of anilines is 1. The van der Waals surface area contributed by atoms with Crippen molar-refractivity contribution in [3.8, 4) is 11.5 Å². The van der Waals surface area contributed by atoms with Crippen molar-refractivity contribution in [1.29, 1.82) is 0 Å². The maximum atomic E-state index is 12.8. The minimum Gasteiger partial charge on any atom is -0.457 e.